The highest BCUT2D eigenvalue weighted by atomic mass is 16.2. The third-order valence-electron chi connectivity index (χ3n) is 9.36. The molecule has 0 aliphatic carbocycles. The molecule has 2 aromatic heterocycles. The average Bonchev–Trinajstić information content (AvgIpc) is 3.65. The molecule has 7 amide bonds. The van der Waals surface area contributed by atoms with Crippen molar-refractivity contribution >= 4 is 86.4 Å². The molecule has 0 bridgehead atoms. The van der Waals surface area contributed by atoms with Gasteiger partial charge in [0, 0.05) is 11.1 Å². The van der Waals surface area contributed by atoms with Crippen LogP contribution in [0.5, 0.6) is 0 Å². The van der Waals surface area contributed by atoms with E-state index in [1.54, 1.807) is 0 Å². The van der Waals surface area contributed by atoms with Crippen molar-refractivity contribution in [2.24, 2.45) is 0 Å². The van der Waals surface area contributed by atoms with Gasteiger partial charge in [0.1, 0.15) is 18.0 Å². The number of hydrogen-bond donors (Lipinski definition) is 4. The molecule has 0 saturated carbocycles. The summed E-state index contributed by atoms with van der Waals surface area (Å²) in [5.41, 5.74) is 0.680. The average molecular weight is 754 g/mol. The summed E-state index contributed by atoms with van der Waals surface area (Å²) in [5.74, 6) is -4.89. The third kappa shape index (κ3) is 6.04. The van der Waals surface area contributed by atoms with Crippen LogP contribution in [0.3, 0.4) is 0 Å². The molecule has 274 valence electrons. The minimum Gasteiger partial charge on any atom is -0.306 e. The number of benzene rings is 5. The van der Waals surface area contributed by atoms with E-state index in [1.807, 2.05) is 54.6 Å². The first-order chi connectivity index (χ1) is 27.6. The number of nitrogens with zero attached hydrogens (tertiary/aromatic N) is 5. The first-order valence-electron chi connectivity index (χ1n) is 17.2. The highest BCUT2D eigenvalue weighted by Gasteiger charge is 2.39. The number of aromatic nitrogens is 4. The Labute approximate surface area is 320 Å². The monoisotopic (exact) mass is 753 g/mol. The number of nitrogens with one attached hydrogen (secondary N) is 4. The van der Waals surface area contributed by atoms with Crippen molar-refractivity contribution in [3.05, 3.63) is 154 Å². The van der Waals surface area contributed by atoms with Gasteiger partial charge in [0.15, 0.2) is 0 Å². The summed E-state index contributed by atoms with van der Waals surface area (Å²) in [6.45, 7) is 0. The summed E-state index contributed by atoms with van der Waals surface area (Å²) in [6, 6.07) is 29.4. The predicted molar refractivity (Wildman–Crippen MR) is 205 cm³/mol. The fraction of sp³-hybridized carbons (Fsp3) is 0. The van der Waals surface area contributed by atoms with Crippen LogP contribution in [0, 0.1) is 0 Å². The summed E-state index contributed by atoms with van der Waals surface area (Å²) in [6.07, 6.45) is 1.07. The first-order valence-corrected chi connectivity index (χ1v) is 17.2. The molecule has 5 aromatic carbocycles. The van der Waals surface area contributed by atoms with E-state index in [0.717, 1.165) is 22.0 Å². The van der Waals surface area contributed by atoms with Gasteiger partial charge in [-0.15, -0.1) is 0 Å². The zero-order chi connectivity index (χ0) is 39.4. The van der Waals surface area contributed by atoms with Gasteiger partial charge in [-0.25, -0.2) is 19.9 Å². The molecule has 4 N–H and O–H groups in total. The van der Waals surface area contributed by atoms with Gasteiger partial charge in [-0.3, -0.25) is 44.2 Å². The zero-order valence-electron chi connectivity index (χ0n) is 29.1. The van der Waals surface area contributed by atoms with Crippen molar-refractivity contribution < 1.29 is 33.6 Å². The van der Waals surface area contributed by atoms with E-state index in [2.05, 4.69) is 41.2 Å². The van der Waals surface area contributed by atoms with E-state index in [-0.39, 0.29) is 56.9 Å². The maximum Gasteiger partial charge on any atom is 0.268 e. The molecule has 4 heterocycles. The Morgan fingerprint density at radius 3 is 1.77 bits per heavy atom. The number of imide groups is 2. The number of pyridine rings is 1. The van der Waals surface area contributed by atoms with E-state index in [4.69, 9.17) is 0 Å². The van der Waals surface area contributed by atoms with Crippen molar-refractivity contribution in [1.82, 2.24) is 25.3 Å². The van der Waals surface area contributed by atoms with Crippen LogP contribution in [-0.4, -0.2) is 61.3 Å². The molecule has 0 spiro atoms. The quantitative estimate of drug-likeness (QED) is 0.125. The molecule has 0 unspecified atom stereocenters. The van der Waals surface area contributed by atoms with Gasteiger partial charge < -0.3 is 10.6 Å². The van der Waals surface area contributed by atoms with Crippen LogP contribution in [0.15, 0.2) is 116 Å². The van der Waals surface area contributed by atoms with Gasteiger partial charge in [0.2, 0.25) is 11.9 Å². The summed E-state index contributed by atoms with van der Waals surface area (Å²) < 4.78 is 0. The third-order valence-corrected chi connectivity index (χ3v) is 9.36. The number of amides is 7. The molecule has 2 aliphatic heterocycles. The summed E-state index contributed by atoms with van der Waals surface area (Å²) in [5, 5.41) is 13.2. The smallest absolute Gasteiger partial charge is 0.268 e. The fourth-order valence-corrected chi connectivity index (χ4v) is 6.70. The lowest BCUT2D eigenvalue weighted by molar-refractivity contribution is 0.0873. The fourth-order valence-electron chi connectivity index (χ4n) is 6.70. The second-order valence-corrected chi connectivity index (χ2v) is 12.8. The van der Waals surface area contributed by atoms with Crippen molar-refractivity contribution in [1.29, 1.82) is 0 Å². The first kappa shape index (κ1) is 34.3. The molecule has 7 aromatic rings. The number of carbonyl (C=O) groups is 7. The van der Waals surface area contributed by atoms with Crippen molar-refractivity contribution in [2.45, 2.75) is 0 Å². The molecule has 16 heteroatoms. The van der Waals surface area contributed by atoms with Gasteiger partial charge in [0.25, 0.3) is 41.4 Å². The van der Waals surface area contributed by atoms with E-state index in [9.17, 15) is 33.6 Å². The maximum absolute atomic E-state index is 13.7. The predicted octanol–water partition coefficient (Wildman–Crippen LogP) is 5.01. The molecule has 2 aliphatic rings. The lowest BCUT2D eigenvalue weighted by Crippen LogP contribution is -2.31. The SMILES string of the molecule is O=C(Nc1cccc(NC(=O)c2ccc3c(c2)C(=O)N(c2ncnc(NC(=O)c4c5ccccc5cc5ccccc45)n2)C3=O)n1)c1ccc2c(c1)C(=O)NC2=O. The standard InChI is InChI=1S/C41H23N9O7/c51-33(22-12-14-26-28(17-22)36(54)47-35(26)53)45-30-10-5-11-31(44-30)46-34(52)23-13-15-27-29(18-23)39(57)50(38(27)56)41-43-19-42-40(49-41)48-37(55)32-24-8-3-1-6-20(24)16-21-7-2-4-9-25(21)32/h1-19H,(H,47,53,54)(H,42,43,48,49,55)(H2,44,45,46,51,52). The summed E-state index contributed by atoms with van der Waals surface area (Å²) in [4.78, 5) is 108. The number of rotatable bonds is 7. The van der Waals surface area contributed by atoms with E-state index in [1.165, 1.54) is 54.6 Å². The molecular weight excluding hydrogens is 731 g/mol. The molecule has 9 rings (SSSR count). The normalized spacial score (nSPS) is 13.0. The number of hydrogen-bond acceptors (Lipinski definition) is 11. The Kier molecular flexibility index (Phi) is 8.05. The number of fused-ring (bicyclic) bond motifs is 4. The van der Waals surface area contributed by atoms with Crippen LogP contribution < -0.4 is 26.2 Å². The second-order valence-electron chi connectivity index (χ2n) is 12.8. The van der Waals surface area contributed by atoms with Crippen LogP contribution in [0.1, 0.15) is 72.5 Å². The number of carbonyl (C=O) groups excluding carboxylic acids is 7. The topological polar surface area (TPSA) is 222 Å². The highest BCUT2D eigenvalue weighted by molar-refractivity contribution is 6.34. The van der Waals surface area contributed by atoms with Crippen LogP contribution in [-0.2, 0) is 0 Å². The van der Waals surface area contributed by atoms with Crippen molar-refractivity contribution in [3.63, 3.8) is 0 Å². The Balaban J connectivity index is 0.907. The van der Waals surface area contributed by atoms with Gasteiger partial charge in [-0.05, 0) is 76.1 Å². The van der Waals surface area contributed by atoms with Crippen molar-refractivity contribution in [2.75, 3.05) is 20.9 Å². The van der Waals surface area contributed by atoms with E-state index in [0.29, 0.717) is 16.3 Å². The van der Waals surface area contributed by atoms with Crippen molar-refractivity contribution in [3.8, 4) is 0 Å². The van der Waals surface area contributed by atoms with Crippen LogP contribution in [0.4, 0.5) is 23.5 Å². The Morgan fingerprint density at radius 2 is 1.11 bits per heavy atom. The van der Waals surface area contributed by atoms with Crippen LogP contribution in [0.25, 0.3) is 21.5 Å². The van der Waals surface area contributed by atoms with E-state index >= 15 is 0 Å². The second kappa shape index (κ2) is 13.4. The molecule has 0 atom stereocenters. The van der Waals surface area contributed by atoms with Gasteiger partial charge in [0.05, 0.1) is 27.8 Å². The molecule has 16 nitrogen and oxygen atoms in total. The molecule has 0 fully saturated rings. The lowest BCUT2D eigenvalue weighted by atomic mass is 9.96. The summed E-state index contributed by atoms with van der Waals surface area (Å²) in [7, 11) is 0. The van der Waals surface area contributed by atoms with Crippen LogP contribution in [0.2, 0.25) is 0 Å². The van der Waals surface area contributed by atoms with Gasteiger partial charge in [-0.2, -0.15) is 4.98 Å². The molecule has 0 radical (unpaired) electrons. The highest BCUT2D eigenvalue weighted by Crippen LogP contribution is 2.31. The Morgan fingerprint density at radius 1 is 0.526 bits per heavy atom. The Bertz CT molecular complexity index is 2930. The number of anilines is 4. The summed E-state index contributed by atoms with van der Waals surface area (Å²) >= 11 is 0. The molecular formula is C41H23N9O7. The lowest BCUT2D eigenvalue weighted by Gasteiger charge is -2.13. The van der Waals surface area contributed by atoms with Gasteiger partial charge in [-0.1, -0.05) is 54.6 Å². The zero-order valence-corrected chi connectivity index (χ0v) is 29.1. The largest absolute Gasteiger partial charge is 0.306 e. The van der Waals surface area contributed by atoms with Gasteiger partial charge >= 0.3 is 0 Å². The molecule has 0 saturated heterocycles. The van der Waals surface area contributed by atoms with E-state index < -0.39 is 41.4 Å². The minimum atomic E-state index is -0.801. The maximum atomic E-state index is 13.7. The minimum absolute atomic E-state index is 0.000935. The molecule has 57 heavy (non-hydrogen) atoms. The van der Waals surface area contributed by atoms with Crippen LogP contribution >= 0.6 is 0 Å². The Hall–Kier alpha value is -8.53.